The zero-order valence-electron chi connectivity index (χ0n) is 10.7. The Morgan fingerprint density at radius 1 is 1.33 bits per heavy atom. The van der Waals surface area contributed by atoms with Crippen LogP contribution in [0, 0.1) is 5.41 Å². The number of para-hydroxylation sites is 1. The second kappa shape index (κ2) is 3.80. The molecule has 92 valence electrons. The maximum atomic E-state index is 12.3. The van der Waals surface area contributed by atoms with Crippen LogP contribution in [0.15, 0.2) is 36.5 Å². The number of rotatable bonds is 2. The first-order valence-corrected chi connectivity index (χ1v) is 6.31. The zero-order valence-corrected chi connectivity index (χ0v) is 10.7. The van der Waals surface area contributed by atoms with Gasteiger partial charge in [0.25, 0.3) is 0 Å². The number of hydrogen-bond donors (Lipinski definition) is 0. The molecule has 1 amide bonds. The largest absolute Gasteiger partial charge is 0.309 e. The smallest absolute Gasteiger partial charge is 0.234 e. The Labute approximate surface area is 106 Å². The molecule has 3 nitrogen and oxygen atoms in total. The minimum absolute atomic E-state index is 0.184. The Balaban J connectivity index is 2.05. The lowest BCUT2D eigenvalue weighted by molar-refractivity contribution is -0.134. The number of β-lactam (4-membered cyclic amide) rings is 1. The Morgan fingerprint density at radius 2 is 2.11 bits per heavy atom. The van der Waals surface area contributed by atoms with E-state index in [0.717, 1.165) is 29.6 Å². The Hall–Kier alpha value is -1.90. The third-order valence-electron chi connectivity index (χ3n) is 3.95. The molecule has 18 heavy (non-hydrogen) atoms. The highest BCUT2D eigenvalue weighted by Gasteiger charge is 2.47. The van der Waals surface area contributed by atoms with Crippen LogP contribution in [0.3, 0.4) is 0 Å². The Kier molecular flexibility index (Phi) is 2.37. The van der Waals surface area contributed by atoms with Crippen LogP contribution in [0.25, 0.3) is 10.9 Å². The number of nitrogens with zero attached hydrogens (tertiary/aromatic N) is 2. The number of anilines is 1. The van der Waals surface area contributed by atoms with Crippen molar-refractivity contribution in [1.29, 1.82) is 0 Å². The molecule has 0 saturated carbocycles. The first-order valence-electron chi connectivity index (χ1n) is 6.31. The van der Waals surface area contributed by atoms with E-state index in [-0.39, 0.29) is 11.3 Å². The second-order valence-corrected chi connectivity index (χ2v) is 5.16. The summed E-state index contributed by atoms with van der Waals surface area (Å²) in [7, 11) is 0. The molecule has 1 aliphatic rings. The quantitative estimate of drug-likeness (QED) is 0.756. The first kappa shape index (κ1) is 11.2. The van der Waals surface area contributed by atoms with Crippen LogP contribution < -0.4 is 4.90 Å². The van der Waals surface area contributed by atoms with E-state index in [1.54, 1.807) is 6.20 Å². The lowest BCUT2D eigenvalue weighted by Crippen LogP contribution is -2.60. The van der Waals surface area contributed by atoms with Gasteiger partial charge in [-0.25, -0.2) is 0 Å². The molecule has 1 aromatic carbocycles. The zero-order chi connectivity index (χ0) is 12.8. The van der Waals surface area contributed by atoms with Crippen molar-refractivity contribution in [3.63, 3.8) is 0 Å². The maximum Gasteiger partial charge on any atom is 0.234 e. The molecule has 0 aliphatic carbocycles. The van der Waals surface area contributed by atoms with E-state index in [0.29, 0.717) is 0 Å². The summed E-state index contributed by atoms with van der Waals surface area (Å²) in [5.41, 5.74) is 1.66. The molecule has 1 unspecified atom stereocenters. The van der Waals surface area contributed by atoms with Gasteiger partial charge in [-0.15, -0.1) is 0 Å². The fraction of sp³-hybridized carbons (Fsp3) is 0.333. The van der Waals surface area contributed by atoms with E-state index in [4.69, 9.17) is 0 Å². The number of aromatic nitrogens is 1. The van der Waals surface area contributed by atoms with Crippen LogP contribution in [0.2, 0.25) is 0 Å². The van der Waals surface area contributed by atoms with Crippen molar-refractivity contribution in [3.8, 4) is 0 Å². The van der Waals surface area contributed by atoms with Crippen molar-refractivity contribution in [3.05, 3.63) is 36.5 Å². The van der Waals surface area contributed by atoms with Gasteiger partial charge in [0.15, 0.2) is 0 Å². The molecule has 2 heterocycles. The predicted molar refractivity (Wildman–Crippen MR) is 72.5 cm³/mol. The van der Waals surface area contributed by atoms with E-state index >= 15 is 0 Å². The number of carbonyl (C=O) groups excluding carboxylic acids is 1. The molecule has 0 bridgehead atoms. The standard InChI is InChI=1S/C15H16N2O/c1-3-15(2)10-17(14(15)18)12-8-4-6-11-7-5-9-16-13(11)12/h4-9H,3,10H2,1-2H3. The van der Waals surface area contributed by atoms with E-state index in [9.17, 15) is 4.79 Å². The number of carbonyl (C=O) groups is 1. The molecular formula is C15H16N2O. The van der Waals surface area contributed by atoms with Crippen molar-refractivity contribution in [2.45, 2.75) is 20.3 Å². The van der Waals surface area contributed by atoms with Crippen molar-refractivity contribution in [2.75, 3.05) is 11.4 Å². The maximum absolute atomic E-state index is 12.3. The Bertz CT molecular complexity index is 617. The predicted octanol–water partition coefficient (Wildman–Crippen LogP) is 3.00. The van der Waals surface area contributed by atoms with E-state index in [1.165, 1.54) is 0 Å². The molecular weight excluding hydrogens is 224 g/mol. The molecule has 3 heteroatoms. The summed E-state index contributed by atoms with van der Waals surface area (Å²) in [4.78, 5) is 18.5. The summed E-state index contributed by atoms with van der Waals surface area (Å²) in [6, 6.07) is 9.92. The van der Waals surface area contributed by atoms with Gasteiger partial charge in [0.1, 0.15) is 0 Å². The van der Waals surface area contributed by atoms with Crippen LogP contribution in [-0.4, -0.2) is 17.4 Å². The summed E-state index contributed by atoms with van der Waals surface area (Å²) in [5.74, 6) is 0.211. The van der Waals surface area contributed by atoms with E-state index in [2.05, 4.69) is 11.9 Å². The third-order valence-corrected chi connectivity index (χ3v) is 3.95. The van der Waals surface area contributed by atoms with Crippen molar-refractivity contribution >= 4 is 22.5 Å². The number of pyridine rings is 1. The fourth-order valence-corrected chi connectivity index (χ4v) is 2.49. The first-order chi connectivity index (χ1) is 8.65. The van der Waals surface area contributed by atoms with Crippen LogP contribution in [0.1, 0.15) is 20.3 Å². The van der Waals surface area contributed by atoms with Gasteiger partial charge in [0.2, 0.25) is 5.91 Å². The van der Waals surface area contributed by atoms with Gasteiger partial charge in [-0.2, -0.15) is 0 Å². The normalized spacial score (nSPS) is 23.2. The molecule has 1 aliphatic heterocycles. The van der Waals surface area contributed by atoms with Gasteiger partial charge < -0.3 is 4.90 Å². The highest BCUT2D eigenvalue weighted by atomic mass is 16.2. The molecule has 2 aromatic rings. The molecule has 0 radical (unpaired) electrons. The molecule has 1 fully saturated rings. The number of hydrogen-bond acceptors (Lipinski definition) is 2. The minimum Gasteiger partial charge on any atom is -0.309 e. The summed E-state index contributed by atoms with van der Waals surface area (Å²) in [5, 5.41) is 1.08. The Morgan fingerprint density at radius 3 is 2.83 bits per heavy atom. The van der Waals surface area contributed by atoms with Crippen molar-refractivity contribution in [1.82, 2.24) is 4.98 Å². The second-order valence-electron chi connectivity index (χ2n) is 5.16. The summed E-state index contributed by atoms with van der Waals surface area (Å²) in [6.07, 6.45) is 2.66. The fourth-order valence-electron chi connectivity index (χ4n) is 2.49. The number of benzene rings is 1. The molecule has 1 saturated heterocycles. The average molecular weight is 240 g/mol. The van der Waals surface area contributed by atoms with Gasteiger partial charge in [-0.05, 0) is 25.5 Å². The summed E-state index contributed by atoms with van der Waals surface area (Å²) in [6.45, 7) is 4.89. The highest BCUT2D eigenvalue weighted by Crippen LogP contribution is 2.40. The van der Waals surface area contributed by atoms with Crippen LogP contribution in [0.5, 0.6) is 0 Å². The summed E-state index contributed by atoms with van der Waals surface area (Å²) >= 11 is 0. The lowest BCUT2D eigenvalue weighted by Gasteiger charge is -2.46. The third kappa shape index (κ3) is 1.43. The van der Waals surface area contributed by atoms with Gasteiger partial charge in [-0.3, -0.25) is 9.78 Å². The van der Waals surface area contributed by atoms with Crippen LogP contribution >= 0.6 is 0 Å². The highest BCUT2D eigenvalue weighted by molar-refractivity contribution is 6.09. The van der Waals surface area contributed by atoms with E-state index < -0.39 is 0 Å². The van der Waals surface area contributed by atoms with Crippen molar-refractivity contribution in [2.24, 2.45) is 5.41 Å². The van der Waals surface area contributed by atoms with Crippen LogP contribution in [-0.2, 0) is 4.79 Å². The monoisotopic (exact) mass is 240 g/mol. The van der Waals surface area contributed by atoms with Crippen molar-refractivity contribution < 1.29 is 4.79 Å². The van der Waals surface area contributed by atoms with Gasteiger partial charge >= 0.3 is 0 Å². The molecule has 0 N–H and O–H groups in total. The SMILES string of the molecule is CCC1(C)CN(c2cccc3cccnc23)C1=O. The average Bonchev–Trinajstić information content (AvgIpc) is 2.43. The lowest BCUT2D eigenvalue weighted by atomic mass is 9.78. The summed E-state index contributed by atoms with van der Waals surface area (Å²) < 4.78 is 0. The molecule has 1 atom stereocenters. The van der Waals surface area contributed by atoms with Gasteiger partial charge in [0.05, 0.1) is 16.6 Å². The molecule has 0 spiro atoms. The van der Waals surface area contributed by atoms with E-state index in [1.807, 2.05) is 42.2 Å². The molecule has 3 rings (SSSR count). The number of fused-ring (bicyclic) bond motifs is 1. The van der Waals surface area contributed by atoms with Gasteiger partial charge in [-0.1, -0.05) is 25.1 Å². The van der Waals surface area contributed by atoms with Crippen LogP contribution in [0.4, 0.5) is 5.69 Å². The van der Waals surface area contributed by atoms with Gasteiger partial charge in [0, 0.05) is 18.1 Å². The molecule has 1 aromatic heterocycles. The number of amides is 1. The topological polar surface area (TPSA) is 33.2 Å². The minimum atomic E-state index is -0.184.